The van der Waals surface area contributed by atoms with Crippen molar-refractivity contribution in [1.29, 1.82) is 0 Å². The Morgan fingerprint density at radius 3 is 2.36 bits per heavy atom. The number of unbranched alkanes of at least 4 members (excludes halogenated alkanes) is 2. The first-order chi connectivity index (χ1) is 17.1. The smallest absolute Gasteiger partial charge is 0.331 e. The van der Waals surface area contributed by atoms with Gasteiger partial charge in [0.25, 0.3) is 0 Å². The molecule has 0 spiro atoms. The number of rotatable bonds is 11. The molecule has 0 saturated carbocycles. The fourth-order valence-corrected chi connectivity index (χ4v) is 7.42. The van der Waals surface area contributed by atoms with Crippen LogP contribution in [-0.2, 0) is 14.6 Å². The molecule has 0 fully saturated rings. The number of benzene rings is 2. The Bertz CT molecular complexity index is 1190. The highest BCUT2D eigenvalue weighted by atomic mass is 32.2. The third-order valence-corrected chi connectivity index (χ3v) is 9.34. The Kier molecular flexibility index (Phi) is 9.35. The maximum Gasteiger partial charge on any atom is 0.331 e. The molecule has 2 aromatic rings. The van der Waals surface area contributed by atoms with Crippen LogP contribution in [-0.4, -0.2) is 38.0 Å². The van der Waals surface area contributed by atoms with Crippen molar-refractivity contribution in [2.24, 2.45) is 5.41 Å². The fraction of sp³-hybridized carbons (Fsp3) is 0.444. The van der Waals surface area contributed by atoms with Crippen molar-refractivity contribution in [3.63, 3.8) is 0 Å². The topological polar surface area (TPSA) is 110 Å². The van der Waals surface area contributed by atoms with Crippen LogP contribution in [0.5, 0.6) is 5.75 Å². The minimum Gasteiger partial charge on any atom is -0.478 e. The van der Waals surface area contributed by atoms with Gasteiger partial charge in [0.15, 0.2) is 9.84 Å². The molecule has 2 aromatic carbocycles. The van der Waals surface area contributed by atoms with Gasteiger partial charge in [0, 0.05) is 29.4 Å². The number of carbonyl (C=O) groups is 1. The number of ether oxygens (including phenoxy) is 1. The highest BCUT2D eigenvalue weighted by molar-refractivity contribution is 7.98. The van der Waals surface area contributed by atoms with Crippen LogP contribution in [0.4, 0.5) is 17.1 Å². The van der Waals surface area contributed by atoms with E-state index < -0.39 is 21.2 Å². The second-order valence-corrected chi connectivity index (χ2v) is 12.2. The molecule has 0 amide bonds. The van der Waals surface area contributed by atoms with Gasteiger partial charge in [-0.25, -0.2) is 13.2 Å². The lowest BCUT2D eigenvalue weighted by molar-refractivity contribution is -0.131. The van der Waals surface area contributed by atoms with Gasteiger partial charge in [-0.15, -0.1) is 11.8 Å². The highest BCUT2D eigenvalue weighted by Gasteiger charge is 2.42. The molecule has 0 unspecified atom stereocenters. The lowest BCUT2D eigenvalue weighted by Crippen LogP contribution is -2.38. The van der Waals surface area contributed by atoms with E-state index in [9.17, 15) is 13.2 Å². The molecule has 0 radical (unpaired) electrons. The maximum absolute atomic E-state index is 14.0. The Morgan fingerprint density at radius 2 is 1.81 bits per heavy atom. The van der Waals surface area contributed by atoms with Crippen molar-refractivity contribution in [3.8, 4) is 5.75 Å². The standard InChI is InChI=1S/C27H36N2O5S2/c1-4-6-13-27(14-7-5-2)18-29(21-10-8-20(28)9-11-21)22-16-24(35-3)23(34-15-12-26(30)31)17-25(22)36(32,33)19-27/h8-12,15-17H,4-7,13-14,18-19,28H2,1-3H3,(H,30,31). The molecule has 3 rings (SSSR count). The molecule has 0 bridgehead atoms. The summed E-state index contributed by atoms with van der Waals surface area (Å²) in [5, 5.41) is 8.93. The van der Waals surface area contributed by atoms with E-state index in [4.69, 9.17) is 15.6 Å². The average molecular weight is 533 g/mol. The van der Waals surface area contributed by atoms with Gasteiger partial charge >= 0.3 is 5.97 Å². The van der Waals surface area contributed by atoms with Gasteiger partial charge in [-0.3, -0.25) is 0 Å². The molecule has 36 heavy (non-hydrogen) atoms. The SMILES string of the molecule is CCCCC1(CCCC)CN(c2ccc(N)cc2)c2cc(SC)c(OC=CC(=O)O)cc2S(=O)(=O)C1. The summed E-state index contributed by atoms with van der Waals surface area (Å²) in [5.41, 5.74) is 7.68. The first kappa shape index (κ1) is 27.9. The Morgan fingerprint density at radius 1 is 1.17 bits per heavy atom. The van der Waals surface area contributed by atoms with Crippen LogP contribution in [0.25, 0.3) is 0 Å². The first-order valence-electron chi connectivity index (χ1n) is 12.3. The summed E-state index contributed by atoms with van der Waals surface area (Å²) < 4.78 is 33.6. The number of fused-ring (bicyclic) bond motifs is 1. The molecular formula is C27H36N2O5S2. The maximum atomic E-state index is 14.0. The molecule has 1 aliphatic heterocycles. The molecule has 0 aromatic heterocycles. The van der Waals surface area contributed by atoms with E-state index >= 15 is 0 Å². The van der Waals surface area contributed by atoms with Crippen molar-refractivity contribution < 1.29 is 23.1 Å². The summed E-state index contributed by atoms with van der Waals surface area (Å²) in [7, 11) is -3.68. The zero-order chi connectivity index (χ0) is 26.3. The number of nitrogens with two attached hydrogens (primary N) is 1. The minimum absolute atomic E-state index is 0.0570. The number of nitrogen functional groups attached to an aromatic ring is 1. The van der Waals surface area contributed by atoms with E-state index in [-0.39, 0.29) is 10.6 Å². The molecule has 0 atom stereocenters. The molecule has 7 nitrogen and oxygen atoms in total. The van der Waals surface area contributed by atoms with Gasteiger partial charge in [-0.05, 0) is 49.4 Å². The van der Waals surface area contributed by atoms with E-state index in [0.29, 0.717) is 28.6 Å². The monoisotopic (exact) mass is 532 g/mol. The van der Waals surface area contributed by atoms with Crippen molar-refractivity contribution >= 4 is 44.6 Å². The summed E-state index contributed by atoms with van der Waals surface area (Å²) in [6, 6.07) is 10.9. The number of aliphatic carboxylic acids is 1. The Labute approximate surface area is 218 Å². The van der Waals surface area contributed by atoms with Crippen LogP contribution in [0.1, 0.15) is 52.4 Å². The third-order valence-electron chi connectivity index (χ3n) is 6.59. The summed E-state index contributed by atoms with van der Waals surface area (Å²) in [5.74, 6) is -0.773. The lowest BCUT2D eigenvalue weighted by Gasteiger charge is -2.37. The van der Waals surface area contributed by atoms with Gasteiger partial charge in [-0.1, -0.05) is 39.5 Å². The highest BCUT2D eigenvalue weighted by Crippen LogP contribution is 2.47. The number of sulfone groups is 1. The van der Waals surface area contributed by atoms with Crippen LogP contribution < -0.4 is 15.4 Å². The minimum atomic E-state index is -3.68. The number of thioether (sulfide) groups is 1. The Balaban J connectivity index is 2.24. The van der Waals surface area contributed by atoms with Crippen molar-refractivity contribution in [2.75, 3.05) is 29.2 Å². The number of anilines is 3. The van der Waals surface area contributed by atoms with Crippen molar-refractivity contribution in [1.82, 2.24) is 0 Å². The largest absolute Gasteiger partial charge is 0.478 e. The summed E-state index contributed by atoms with van der Waals surface area (Å²) in [6.45, 7) is 4.84. The number of nitrogens with zero attached hydrogens (tertiary/aromatic N) is 1. The molecule has 1 aliphatic rings. The molecule has 1 heterocycles. The third kappa shape index (κ3) is 6.56. The predicted molar refractivity (Wildman–Crippen MR) is 147 cm³/mol. The van der Waals surface area contributed by atoms with Crippen LogP contribution in [0.2, 0.25) is 0 Å². The lowest BCUT2D eigenvalue weighted by atomic mass is 9.79. The molecule has 0 aliphatic carbocycles. The summed E-state index contributed by atoms with van der Waals surface area (Å²) >= 11 is 1.41. The number of hydrogen-bond acceptors (Lipinski definition) is 7. The van der Waals surface area contributed by atoms with E-state index in [0.717, 1.165) is 56.6 Å². The van der Waals surface area contributed by atoms with E-state index in [2.05, 4.69) is 18.7 Å². The van der Waals surface area contributed by atoms with Gasteiger partial charge in [0.1, 0.15) is 5.75 Å². The number of carboxylic acids is 1. The fourth-order valence-electron chi connectivity index (χ4n) is 4.77. The predicted octanol–water partition coefficient (Wildman–Crippen LogP) is 6.26. The zero-order valence-corrected chi connectivity index (χ0v) is 22.8. The molecule has 0 saturated heterocycles. The van der Waals surface area contributed by atoms with Crippen LogP contribution in [0, 0.1) is 5.41 Å². The normalized spacial score (nSPS) is 16.5. The van der Waals surface area contributed by atoms with Crippen molar-refractivity contribution in [2.45, 2.75) is 62.2 Å². The second-order valence-electron chi connectivity index (χ2n) is 9.37. The van der Waals surface area contributed by atoms with Crippen molar-refractivity contribution in [3.05, 3.63) is 48.7 Å². The first-order valence-corrected chi connectivity index (χ1v) is 15.2. The van der Waals surface area contributed by atoms with Gasteiger partial charge in [0.05, 0.1) is 33.6 Å². The summed E-state index contributed by atoms with van der Waals surface area (Å²) in [4.78, 5) is 13.9. The number of carboxylic acid groups (broad SMARTS) is 1. The van der Waals surface area contributed by atoms with Crippen LogP contribution >= 0.6 is 11.8 Å². The summed E-state index contributed by atoms with van der Waals surface area (Å²) in [6.07, 6.45) is 9.36. The Hall–Kier alpha value is -2.65. The molecular weight excluding hydrogens is 496 g/mol. The van der Waals surface area contributed by atoms with Crippen LogP contribution in [0.15, 0.2) is 58.5 Å². The van der Waals surface area contributed by atoms with E-state index in [1.54, 1.807) is 6.07 Å². The molecule has 9 heteroatoms. The second kappa shape index (κ2) is 12.1. The quantitative estimate of drug-likeness (QED) is 0.151. The number of hydrogen-bond donors (Lipinski definition) is 2. The van der Waals surface area contributed by atoms with Gasteiger partial charge < -0.3 is 20.5 Å². The average Bonchev–Trinajstić information content (AvgIpc) is 2.93. The molecule has 196 valence electrons. The van der Waals surface area contributed by atoms with Gasteiger partial charge in [-0.2, -0.15) is 0 Å². The van der Waals surface area contributed by atoms with Gasteiger partial charge in [0.2, 0.25) is 0 Å². The zero-order valence-electron chi connectivity index (χ0n) is 21.2. The van der Waals surface area contributed by atoms with E-state index in [1.807, 2.05) is 36.6 Å². The van der Waals surface area contributed by atoms with Crippen LogP contribution in [0.3, 0.4) is 0 Å². The van der Waals surface area contributed by atoms with E-state index in [1.165, 1.54) is 11.8 Å². The molecule has 3 N–H and O–H groups in total.